The number of hydrogen-bond acceptors (Lipinski definition) is 7. The molecule has 5 rings (SSSR count). The van der Waals surface area contributed by atoms with Gasteiger partial charge in [0.2, 0.25) is 5.91 Å². The number of carbonyl (C=O) groups is 2. The van der Waals surface area contributed by atoms with Gasteiger partial charge in [0.05, 0.1) is 23.8 Å². The third-order valence-corrected chi connectivity index (χ3v) is 8.48. The maximum absolute atomic E-state index is 14.3. The van der Waals surface area contributed by atoms with Gasteiger partial charge >= 0.3 is 6.09 Å². The van der Waals surface area contributed by atoms with Crippen molar-refractivity contribution in [2.75, 3.05) is 37.6 Å². The molecule has 1 unspecified atom stereocenters. The summed E-state index contributed by atoms with van der Waals surface area (Å²) in [6, 6.07) is 7.12. The molecule has 2 amide bonds. The standard InChI is InChI=1S/C30H40ClN5O4/c1-19-17-23(37)26-24(19)27(33-18-32-26)34-13-15-35(16-14-34)28(38)25(20-8-10-21(31)11-9-20)22-7-5-6-12-36(22)29(39)40-30(2,3)4/h8-11,18-19,22-23,25,37H,5-7,12-17H2,1-4H3/t19-,22?,23-,25+/m1/s1. The van der Waals surface area contributed by atoms with Crippen molar-refractivity contribution in [1.29, 1.82) is 0 Å². The van der Waals surface area contributed by atoms with Gasteiger partial charge in [0, 0.05) is 43.3 Å². The number of amides is 2. The van der Waals surface area contributed by atoms with Gasteiger partial charge in [-0.05, 0) is 70.1 Å². The summed E-state index contributed by atoms with van der Waals surface area (Å²) in [6.45, 7) is 10.6. The summed E-state index contributed by atoms with van der Waals surface area (Å²) < 4.78 is 5.76. The van der Waals surface area contributed by atoms with Crippen LogP contribution in [0.25, 0.3) is 0 Å². The number of rotatable bonds is 4. The van der Waals surface area contributed by atoms with E-state index in [1.54, 1.807) is 17.0 Å². The Labute approximate surface area is 241 Å². The molecule has 1 aromatic heterocycles. The Kier molecular flexibility index (Phi) is 8.25. The summed E-state index contributed by atoms with van der Waals surface area (Å²) in [7, 11) is 0. The number of hydrogen-bond donors (Lipinski definition) is 1. The SMILES string of the molecule is C[C@@H]1C[C@@H](O)c2ncnc(N3CCN(C(=O)[C@@H](c4ccc(Cl)cc4)C4CCCCN4C(=O)OC(C)(C)C)CC3)c21. The summed E-state index contributed by atoms with van der Waals surface area (Å²) in [5.41, 5.74) is 1.97. The number of nitrogens with zero attached hydrogens (tertiary/aromatic N) is 5. The van der Waals surface area contributed by atoms with Crippen LogP contribution in [-0.2, 0) is 9.53 Å². The average molecular weight is 570 g/mol. The van der Waals surface area contributed by atoms with E-state index in [-0.39, 0.29) is 24.0 Å². The number of carbonyl (C=O) groups excluding carboxylic acids is 2. The van der Waals surface area contributed by atoms with Crippen molar-refractivity contribution in [2.24, 2.45) is 0 Å². The van der Waals surface area contributed by atoms with Gasteiger partial charge in [0.25, 0.3) is 0 Å². The van der Waals surface area contributed by atoms with Crippen LogP contribution in [0, 0.1) is 0 Å². The minimum absolute atomic E-state index is 0.0131. The van der Waals surface area contributed by atoms with E-state index in [1.165, 1.54) is 6.33 Å². The molecule has 0 spiro atoms. The molecule has 2 saturated heterocycles. The molecule has 9 nitrogen and oxygen atoms in total. The Morgan fingerprint density at radius 1 is 1.05 bits per heavy atom. The van der Waals surface area contributed by atoms with Crippen molar-refractivity contribution in [2.45, 2.75) is 83.0 Å². The fourth-order valence-electron chi connectivity index (χ4n) is 6.34. The topological polar surface area (TPSA) is 99.1 Å². The molecule has 2 fully saturated rings. The Morgan fingerprint density at radius 3 is 2.42 bits per heavy atom. The Balaban J connectivity index is 1.38. The van der Waals surface area contributed by atoms with Crippen molar-refractivity contribution < 1.29 is 19.4 Å². The molecule has 1 aliphatic carbocycles. The number of piperazine rings is 1. The number of piperidine rings is 1. The summed E-state index contributed by atoms with van der Waals surface area (Å²) in [5, 5.41) is 11.0. The maximum Gasteiger partial charge on any atom is 0.410 e. The van der Waals surface area contributed by atoms with Crippen LogP contribution in [0.4, 0.5) is 10.6 Å². The van der Waals surface area contributed by atoms with E-state index in [1.807, 2.05) is 37.8 Å². The molecule has 0 radical (unpaired) electrons. The minimum atomic E-state index is -0.621. The van der Waals surface area contributed by atoms with E-state index in [0.717, 1.165) is 41.9 Å². The van der Waals surface area contributed by atoms with E-state index < -0.39 is 17.6 Å². The zero-order valence-electron chi connectivity index (χ0n) is 23.8. The molecule has 0 saturated carbocycles. The first-order valence-electron chi connectivity index (χ1n) is 14.3. The first kappa shape index (κ1) is 28.6. The molecule has 40 heavy (non-hydrogen) atoms. The third kappa shape index (κ3) is 5.91. The average Bonchev–Trinajstić information content (AvgIpc) is 3.22. The summed E-state index contributed by atoms with van der Waals surface area (Å²) in [5.74, 6) is 0.535. The number of benzene rings is 1. The summed E-state index contributed by atoms with van der Waals surface area (Å²) in [6.07, 6.45) is 3.80. The number of anilines is 1. The van der Waals surface area contributed by atoms with Crippen LogP contribution in [-0.4, -0.2) is 81.2 Å². The van der Waals surface area contributed by atoms with E-state index in [9.17, 15) is 14.7 Å². The lowest BCUT2D eigenvalue weighted by molar-refractivity contribution is -0.135. The van der Waals surface area contributed by atoms with Crippen LogP contribution in [0.3, 0.4) is 0 Å². The van der Waals surface area contributed by atoms with Crippen LogP contribution >= 0.6 is 11.6 Å². The van der Waals surface area contributed by atoms with Crippen LogP contribution in [0.2, 0.25) is 5.02 Å². The van der Waals surface area contributed by atoms with E-state index in [4.69, 9.17) is 16.3 Å². The molecule has 0 bridgehead atoms. The zero-order chi connectivity index (χ0) is 28.6. The van der Waals surface area contributed by atoms with Crippen LogP contribution < -0.4 is 4.90 Å². The zero-order valence-corrected chi connectivity index (χ0v) is 24.6. The molecule has 3 aliphatic rings. The highest BCUT2D eigenvalue weighted by Gasteiger charge is 2.42. The molecule has 1 N–H and O–H groups in total. The molecular weight excluding hydrogens is 530 g/mol. The first-order valence-corrected chi connectivity index (χ1v) is 14.7. The van der Waals surface area contributed by atoms with Gasteiger partial charge in [-0.15, -0.1) is 0 Å². The maximum atomic E-state index is 14.3. The normalized spacial score (nSPS) is 24.1. The van der Waals surface area contributed by atoms with Crippen LogP contribution in [0.5, 0.6) is 0 Å². The Morgan fingerprint density at radius 2 is 1.75 bits per heavy atom. The lowest BCUT2D eigenvalue weighted by Gasteiger charge is -2.43. The van der Waals surface area contributed by atoms with E-state index >= 15 is 0 Å². The minimum Gasteiger partial charge on any atom is -0.444 e. The number of ether oxygens (including phenoxy) is 1. The first-order chi connectivity index (χ1) is 19.0. The lowest BCUT2D eigenvalue weighted by atomic mass is 9.84. The van der Waals surface area contributed by atoms with Gasteiger partial charge < -0.3 is 24.5 Å². The third-order valence-electron chi connectivity index (χ3n) is 8.23. The molecule has 1 aromatic carbocycles. The van der Waals surface area contributed by atoms with Crippen molar-refractivity contribution in [3.05, 3.63) is 52.4 Å². The summed E-state index contributed by atoms with van der Waals surface area (Å²) >= 11 is 6.20. The quantitative estimate of drug-likeness (QED) is 0.559. The summed E-state index contributed by atoms with van der Waals surface area (Å²) in [4.78, 5) is 42.4. The molecule has 2 aliphatic heterocycles. The monoisotopic (exact) mass is 569 g/mol. The van der Waals surface area contributed by atoms with Gasteiger partial charge in [0.15, 0.2) is 0 Å². The smallest absolute Gasteiger partial charge is 0.410 e. The predicted molar refractivity (Wildman–Crippen MR) is 154 cm³/mol. The van der Waals surface area contributed by atoms with Crippen molar-refractivity contribution in [3.8, 4) is 0 Å². The molecular formula is C30H40ClN5O4. The van der Waals surface area contributed by atoms with Gasteiger partial charge in [-0.25, -0.2) is 14.8 Å². The van der Waals surface area contributed by atoms with Crippen molar-refractivity contribution in [3.63, 3.8) is 0 Å². The fourth-order valence-corrected chi connectivity index (χ4v) is 6.47. The molecule has 2 aromatic rings. The van der Waals surface area contributed by atoms with Crippen molar-refractivity contribution >= 4 is 29.4 Å². The molecule has 10 heteroatoms. The lowest BCUT2D eigenvalue weighted by Crippen LogP contribution is -2.55. The second-order valence-corrected chi connectivity index (χ2v) is 12.7. The van der Waals surface area contributed by atoms with Crippen molar-refractivity contribution in [1.82, 2.24) is 19.8 Å². The van der Waals surface area contributed by atoms with Gasteiger partial charge in [-0.2, -0.15) is 0 Å². The highest BCUT2D eigenvalue weighted by Crippen LogP contribution is 2.43. The number of likely N-dealkylation sites (tertiary alicyclic amines) is 1. The van der Waals surface area contributed by atoms with Gasteiger partial charge in [-0.3, -0.25) is 4.79 Å². The van der Waals surface area contributed by atoms with Crippen LogP contribution in [0.1, 0.15) is 88.1 Å². The number of fused-ring (bicyclic) bond motifs is 1. The Bertz CT molecular complexity index is 1230. The predicted octanol–water partition coefficient (Wildman–Crippen LogP) is 4.89. The molecule has 4 atom stereocenters. The van der Waals surface area contributed by atoms with Gasteiger partial charge in [-0.1, -0.05) is 30.7 Å². The largest absolute Gasteiger partial charge is 0.444 e. The highest BCUT2D eigenvalue weighted by atomic mass is 35.5. The fraction of sp³-hybridized carbons (Fsp3) is 0.600. The molecule has 3 heterocycles. The Hall–Kier alpha value is -2.91. The second-order valence-electron chi connectivity index (χ2n) is 12.2. The number of aliphatic hydroxyl groups excluding tert-OH is 1. The van der Waals surface area contributed by atoms with Crippen LogP contribution in [0.15, 0.2) is 30.6 Å². The van der Waals surface area contributed by atoms with E-state index in [2.05, 4.69) is 21.8 Å². The number of aliphatic hydroxyl groups is 1. The van der Waals surface area contributed by atoms with Gasteiger partial charge in [0.1, 0.15) is 17.7 Å². The number of aromatic nitrogens is 2. The second kappa shape index (κ2) is 11.5. The highest BCUT2D eigenvalue weighted by molar-refractivity contribution is 6.30. The molecule has 216 valence electrons. The van der Waals surface area contributed by atoms with E-state index in [0.29, 0.717) is 44.2 Å². The number of halogens is 1.